The van der Waals surface area contributed by atoms with E-state index in [0.717, 1.165) is 40.5 Å². The van der Waals surface area contributed by atoms with Gasteiger partial charge in [-0.3, -0.25) is 20.2 Å². The lowest BCUT2D eigenvalue weighted by Crippen LogP contribution is -2.16. The first-order chi connectivity index (χ1) is 14.5. The lowest BCUT2D eigenvalue weighted by atomic mass is 9.98. The van der Waals surface area contributed by atoms with Crippen LogP contribution in [0.1, 0.15) is 17.0 Å². The molecule has 0 bridgehead atoms. The maximum Gasteiger partial charge on any atom is 0.514 e. The first-order valence-electron chi connectivity index (χ1n) is 8.91. The highest BCUT2D eigenvalue weighted by molar-refractivity contribution is 5.79. The van der Waals surface area contributed by atoms with Crippen LogP contribution >= 0.6 is 0 Å². The van der Waals surface area contributed by atoms with E-state index in [0.29, 0.717) is 0 Å². The van der Waals surface area contributed by atoms with Crippen molar-refractivity contribution in [2.75, 3.05) is 6.61 Å². The second-order valence-electron chi connectivity index (χ2n) is 6.56. The summed E-state index contributed by atoms with van der Waals surface area (Å²) in [6.07, 6.45) is -1.13. The minimum absolute atomic E-state index is 0.0202. The number of carbonyl (C=O) groups is 1. The van der Waals surface area contributed by atoms with Crippen molar-refractivity contribution in [2.24, 2.45) is 0 Å². The van der Waals surface area contributed by atoms with Crippen molar-refractivity contribution in [2.45, 2.75) is 5.92 Å². The van der Waals surface area contributed by atoms with E-state index in [-0.39, 0.29) is 12.5 Å². The van der Waals surface area contributed by atoms with Crippen LogP contribution in [0.15, 0.2) is 66.7 Å². The summed E-state index contributed by atoms with van der Waals surface area (Å²) < 4.78 is 10.2. The molecule has 0 amide bonds. The number of nitrogens with zero attached hydrogens (tertiary/aromatic N) is 2. The third-order valence-electron chi connectivity index (χ3n) is 4.87. The van der Waals surface area contributed by atoms with Crippen LogP contribution in [0.25, 0.3) is 11.1 Å². The fourth-order valence-electron chi connectivity index (χ4n) is 3.56. The van der Waals surface area contributed by atoms with Crippen molar-refractivity contribution in [3.63, 3.8) is 0 Å². The highest BCUT2D eigenvalue weighted by atomic mass is 16.7. The molecular formula is C21H14N2O7. The first kappa shape index (κ1) is 19.1. The number of nitro benzene ring substituents is 2. The van der Waals surface area contributed by atoms with E-state index in [4.69, 9.17) is 9.47 Å². The molecule has 0 fully saturated rings. The molecule has 3 aromatic rings. The molecule has 0 unspecified atom stereocenters. The fraction of sp³-hybridized carbons (Fsp3) is 0.0952. The summed E-state index contributed by atoms with van der Waals surface area (Å²) in [4.78, 5) is 32.5. The molecule has 30 heavy (non-hydrogen) atoms. The molecule has 0 atom stereocenters. The molecule has 9 heteroatoms. The molecular weight excluding hydrogens is 392 g/mol. The molecule has 3 aromatic carbocycles. The van der Waals surface area contributed by atoms with Crippen LogP contribution in [-0.4, -0.2) is 22.6 Å². The van der Waals surface area contributed by atoms with E-state index in [1.54, 1.807) is 0 Å². The van der Waals surface area contributed by atoms with E-state index < -0.39 is 33.1 Å². The Balaban J connectivity index is 1.51. The highest BCUT2D eigenvalue weighted by Crippen LogP contribution is 2.44. The van der Waals surface area contributed by atoms with Gasteiger partial charge < -0.3 is 9.47 Å². The van der Waals surface area contributed by atoms with Gasteiger partial charge in [0.05, 0.1) is 15.9 Å². The van der Waals surface area contributed by atoms with Gasteiger partial charge in [-0.05, 0) is 28.3 Å². The average molecular weight is 406 g/mol. The lowest BCUT2D eigenvalue weighted by molar-refractivity contribution is -0.394. The van der Waals surface area contributed by atoms with Crippen molar-refractivity contribution in [3.05, 3.63) is 98.1 Å². The Bertz CT molecular complexity index is 1130. The normalized spacial score (nSPS) is 12.0. The maximum atomic E-state index is 12.2. The smallest absolute Gasteiger partial charge is 0.433 e. The van der Waals surface area contributed by atoms with Crippen LogP contribution in [0, 0.1) is 20.2 Å². The molecule has 0 saturated heterocycles. The third kappa shape index (κ3) is 3.44. The minimum atomic E-state index is -1.13. The largest absolute Gasteiger partial charge is 0.514 e. The molecule has 0 spiro atoms. The Labute approximate surface area is 169 Å². The van der Waals surface area contributed by atoms with Crippen molar-refractivity contribution in [1.82, 2.24) is 0 Å². The zero-order valence-corrected chi connectivity index (χ0v) is 15.4. The van der Waals surface area contributed by atoms with Gasteiger partial charge in [0.1, 0.15) is 6.61 Å². The predicted octanol–water partition coefficient (Wildman–Crippen LogP) is 4.83. The number of rotatable bonds is 5. The Kier molecular flexibility index (Phi) is 4.85. The highest BCUT2D eigenvalue weighted by Gasteiger charge is 2.30. The molecule has 0 saturated carbocycles. The van der Waals surface area contributed by atoms with Crippen LogP contribution in [-0.2, 0) is 4.74 Å². The monoisotopic (exact) mass is 406 g/mol. The van der Waals surface area contributed by atoms with Crippen LogP contribution in [0.2, 0.25) is 0 Å². The topological polar surface area (TPSA) is 122 Å². The molecule has 0 aliphatic heterocycles. The number of fused-ring (bicyclic) bond motifs is 3. The zero-order valence-electron chi connectivity index (χ0n) is 15.4. The summed E-state index contributed by atoms with van der Waals surface area (Å²) >= 11 is 0. The van der Waals surface area contributed by atoms with Crippen LogP contribution in [0.5, 0.6) is 5.75 Å². The number of benzene rings is 3. The number of hydrogen-bond acceptors (Lipinski definition) is 7. The molecule has 1 aliphatic carbocycles. The van der Waals surface area contributed by atoms with E-state index in [1.807, 2.05) is 48.5 Å². The number of hydrogen-bond donors (Lipinski definition) is 0. The molecule has 1 aliphatic rings. The number of carbonyl (C=O) groups excluding carboxylic acids is 1. The number of ether oxygens (including phenoxy) is 2. The van der Waals surface area contributed by atoms with Gasteiger partial charge in [-0.15, -0.1) is 0 Å². The van der Waals surface area contributed by atoms with Gasteiger partial charge in [0.2, 0.25) is 5.75 Å². The summed E-state index contributed by atoms with van der Waals surface area (Å²) in [7, 11) is 0. The second kappa shape index (κ2) is 7.63. The van der Waals surface area contributed by atoms with Crippen molar-refractivity contribution >= 4 is 17.5 Å². The van der Waals surface area contributed by atoms with Gasteiger partial charge in [-0.2, -0.15) is 0 Å². The molecule has 150 valence electrons. The van der Waals surface area contributed by atoms with E-state index in [1.165, 1.54) is 0 Å². The van der Waals surface area contributed by atoms with Gasteiger partial charge in [0.25, 0.3) is 5.69 Å². The first-order valence-corrected chi connectivity index (χ1v) is 8.91. The SMILES string of the molecule is O=C(OCC1c2ccccc2-c2ccccc21)Oc1ccc([N+](=O)[O-])cc1[N+](=O)[O-]. The standard InChI is InChI=1S/C21H14N2O7/c24-21(30-20-10-9-13(22(25)26)11-19(20)23(27)28)29-12-18-16-7-3-1-5-14(16)15-6-2-4-8-17(15)18/h1-11,18H,12H2. The molecule has 0 radical (unpaired) electrons. The summed E-state index contributed by atoms with van der Waals surface area (Å²) in [5.41, 5.74) is 2.95. The second-order valence-corrected chi connectivity index (χ2v) is 6.56. The molecule has 9 nitrogen and oxygen atoms in total. The van der Waals surface area contributed by atoms with Gasteiger partial charge in [0, 0.05) is 12.0 Å². The van der Waals surface area contributed by atoms with Gasteiger partial charge in [-0.1, -0.05) is 48.5 Å². The Hall–Kier alpha value is -4.27. The number of non-ortho nitro benzene ring substituents is 1. The summed E-state index contributed by atoms with van der Waals surface area (Å²) in [6, 6.07) is 18.3. The van der Waals surface area contributed by atoms with Gasteiger partial charge in [0.15, 0.2) is 0 Å². The third-order valence-corrected chi connectivity index (χ3v) is 4.87. The average Bonchev–Trinajstić information content (AvgIpc) is 3.06. The Morgan fingerprint density at radius 2 is 1.47 bits per heavy atom. The minimum Gasteiger partial charge on any atom is -0.433 e. The molecule has 0 aromatic heterocycles. The van der Waals surface area contributed by atoms with Crippen LogP contribution < -0.4 is 4.74 Å². The van der Waals surface area contributed by atoms with Gasteiger partial charge >= 0.3 is 11.8 Å². The Morgan fingerprint density at radius 1 is 0.867 bits per heavy atom. The van der Waals surface area contributed by atoms with E-state index in [9.17, 15) is 25.0 Å². The fourth-order valence-corrected chi connectivity index (χ4v) is 3.56. The summed E-state index contributed by atoms with van der Waals surface area (Å²) in [5, 5.41) is 22.0. The van der Waals surface area contributed by atoms with Crippen LogP contribution in [0.3, 0.4) is 0 Å². The molecule has 0 N–H and O–H groups in total. The van der Waals surface area contributed by atoms with Crippen molar-refractivity contribution < 1.29 is 24.1 Å². The maximum absolute atomic E-state index is 12.2. The van der Waals surface area contributed by atoms with Crippen molar-refractivity contribution in [3.8, 4) is 16.9 Å². The van der Waals surface area contributed by atoms with Gasteiger partial charge in [-0.25, -0.2) is 4.79 Å². The van der Waals surface area contributed by atoms with Crippen molar-refractivity contribution in [1.29, 1.82) is 0 Å². The molecule has 0 heterocycles. The predicted molar refractivity (Wildman–Crippen MR) is 105 cm³/mol. The Morgan fingerprint density at radius 3 is 2.03 bits per heavy atom. The van der Waals surface area contributed by atoms with Crippen LogP contribution in [0.4, 0.5) is 16.2 Å². The quantitative estimate of drug-likeness (QED) is 0.257. The van der Waals surface area contributed by atoms with E-state index >= 15 is 0 Å². The lowest BCUT2D eigenvalue weighted by Gasteiger charge is -2.14. The number of nitro groups is 2. The molecule has 4 rings (SSSR count). The summed E-state index contributed by atoms with van der Waals surface area (Å²) in [5.74, 6) is -0.625. The van der Waals surface area contributed by atoms with E-state index in [2.05, 4.69) is 0 Å². The zero-order chi connectivity index (χ0) is 21.3. The summed E-state index contributed by atoms with van der Waals surface area (Å²) in [6.45, 7) is -0.0202.